The van der Waals surface area contributed by atoms with Gasteiger partial charge in [-0.2, -0.15) is 5.10 Å². The fourth-order valence-electron chi connectivity index (χ4n) is 2.80. The van der Waals surface area contributed by atoms with Gasteiger partial charge in [0, 0.05) is 33.5 Å². The van der Waals surface area contributed by atoms with Gasteiger partial charge in [-0.25, -0.2) is 5.43 Å². The van der Waals surface area contributed by atoms with Crippen LogP contribution in [0.5, 0.6) is 5.75 Å². The second-order valence-corrected chi connectivity index (χ2v) is 7.16. The zero-order valence-electron chi connectivity index (χ0n) is 16.7. The normalized spacial score (nSPS) is 10.7. The number of nitrogens with zero attached hydrogens (tertiary/aromatic N) is 2. The SMILES string of the molecule is Cc1cccc(C(=O)Nc2cccc(C(=O)NN=Cc3cc(Cl)cc([N+](=O)[O-])c3O)c2)c1. The predicted molar refractivity (Wildman–Crippen MR) is 120 cm³/mol. The third-order valence-electron chi connectivity index (χ3n) is 4.31. The van der Waals surface area contributed by atoms with E-state index >= 15 is 0 Å². The molecule has 3 N–H and O–H groups in total. The molecule has 0 saturated heterocycles. The van der Waals surface area contributed by atoms with Gasteiger partial charge in [-0.1, -0.05) is 35.4 Å². The Balaban J connectivity index is 1.70. The summed E-state index contributed by atoms with van der Waals surface area (Å²) in [5.41, 5.74) is 3.69. The Labute approximate surface area is 187 Å². The minimum absolute atomic E-state index is 0.0272. The number of hydrazone groups is 1. The average molecular weight is 453 g/mol. The van der Waals surface area contributed by atoms with Gasteiger partial charge in [-0.05, 0) is 43.3 Å². The van der Waals surface area contributed by atoms with E-state index in [0.29, 0.717) is 11.3 Å². The summed E-state index contributed by atoms with van der Waals surface area (Å²) in [6.07, 6.45) is 1.04. The van der Waals surface area contributed by atoms with Gasteiger partial charge in [0.2, 0.25) is 5.75 Å². The molecule has 9 nitrogen and oxygen atoms in total. The van der Waals surface area contributed by atoms with Gasteiger partial charge in [0.15, 0.2) is 0 Å². The fraction of sp³-hybridized carbons (Fsp3) is 0.0455. The van der Waals surface area contributed by atoms with Crippen LogP contribution in [0.1, 0.15) is 31.8 Å². The minimum Gasteiger partial charge on any atom is -0.502 e. The van der Waals surface area contributed by atoms with Gasteiger partial charge >= 0.3 is 5.69 Å². The molecule has 0 heterocycles. The molecular weight excluding hydrogens is 436 g/mol. The highest BCUT2D eigenvalue weighted by Crippen LogP contribution is 2.32. The molecule has 0 unspecified atom stereocenters. The van der Waals surface area contributed by atoms with Crippen molar-refractivity contribution in [1.82, 2.24) is 5.43 Å². The zero-order chi connectivity index (χ0) is 23.3. The first-order valence-electron chi connectivity index (χ1n) is 9.23. The van der Waals surface area contributed by atoms with E-state index < -0.39 is 22.3 Å². The molecule has 3 aromatic carbocycles. The summed E-state index contributed by atoms with van der Waals surface area (Å²) in [6.45, 7) is 1.88. The van der Waals surface area contributed by atoms with Crippen LogP contribution in [0.15, 0.2) is 65.8 Å². The highest BCUT2D eigenvalue weighted by atomic mass is 35.5. The number of phenolic OH excluding ortho intramolecular Hbond substituents is 1. The molecule has 0 spiro atoms. The molecule has 0 radical (unpaired) electrons. The smallest absolute Gasteiger partial charge is 0.312 e. The van der Waals surface area contributed by atoms with Crippen molar-refractivity contribution in [2.24, 2.45) is 5.10 Å². The lowest BCUT2D eigenvalue weighted by Crippen LogP contribution is -2.18. The molecule has 162 valence electrons. The lowest BCUT2D eigenvalue weighted by atomic mass is 10.1. The van der Waals surface area contributed by atoms with E-state index in [1.165, 1.54) is 18.2 Å². The van der Waals surface area contributed by atoms with Crippen LogP contribution in [0.3, 0.4) is 0 Å². The molecule has 3 aromatic rings. The van der Waals surface area contributed by atoms with Gasteiger partial charge in [0.25, 0.3) is 11.8 Å². The quantitative estimate of drug-likeness (QED) is 0.291. The number of benzene rings is 3. The molecule has 0 aliphatic heterocycles. The Morgan fingerprint density at radius 3 is 2.44 bits per heavy atom. The van der Waals surface area contributed by atoms with Crippen LogP contribution >= 0.6 is 11.6 Å². The van der Waals surface area contributed by atoms with E-state index in [-0.39, 0.29) is 22.1 Å². The van der Waals surface area contributed by atoms with E-state index in [1.54, 1.807) is 30.3 Å². The summed E-state index contributed by atoms with van der Waals surface area (Å²) in [5, 5.41) is 27.4. The van der Waals surface area contributed by atoms with Crippen LogP contribution in [0.4, 0.5) is 11.4 Å². The maximum atomic E-state index is 12.4. The van der Waals surface area contributed by atoms with Gasteiger partial charge in [0.1, 0.15) is 0 Å². The van der Waals surface area contributed by atoms with E-state index in [0.717, 1.165) is 17.8 Å². The number of nitro benzene ring substituents is 1. The Hall–Kier alpha value is -4.24. The lowest BCUT2D eigenvalue weighted by molar-refractivity contribution is -0.385. The number of halogens is 1. The van der Waals surface area contributed by atoms with Crippen LogP contribution in [-0.4, -0.2) is 28.1 Å². The Morgan fingerprint density at radius 2 is 1.75 bits per heavy atom. The van der Waals surface area contributed by atoms with Crippen LogP contribution in [-0.2, 0) is 0 Å². The molecule has 10 heteroatoms. The first kappa shape index (κ1) is 22.4. The number of hydrogen-bond donors (Lipinski definition) is 3. The number of phenols is 1. The van der Waals surface area contributed by atoms with Crippen LogP contribution in [0, 0.1) is 17.0 Å². The van der Waals surface area contributed by atoms with E-state index in [4.69, 9.17) is 11.6 Å². The van der Waals surface area contributed by atoms with E-state index in [9.17, 15) is 24.8 Å². The fourth-order valence-corrected chi connectivity index (χ4v) is 3.02. The van der Waals surface area contributed by atoms with Crippen LogP contribution in [0.25, 0.3) is 0 Å². The summed E-state index contributed by atoms with van der Waals surface area (Å²) in [7, 11) is 0. The number of hydrogen-bond acceptors (Lipinski definition) is 6. The maximum Gasteiger partial charge on any atom is 0.312 e. The predicted octanol–water partition coefficient (Wildman–Crippen LogP) is 4.28. The molecule has 0 aliphatic carbocycles. The van der Waals surface area contributed by atoms with Gasteiger partial charge in [-0.15, -0.1) is 0 Å². The highest BCUT2D eigenvalue weighted by Gasteiger charge is 2.18. The molecule has 0 fully saturated rings. The summed E-state index contributed by atoms with van der Waals surface area (Å²) in [4.78, 5) is 34.9. The van der Waals surface area contributed by atoms with Gasteiger partial charge in [-0.3, -0.25) is 19.7 Å². The van der Waals surface area contributed by atoms with Gasteiger partial charge in [0.05, 0.1) is 11.1 Å². The number of rotatable bonds is 6. The van der Waals surface area contributed by atoms with Crippen molar-refractivity contribution in [3.05, 3.63) is 98.1 Å². The highest BCUT2D eigenvalue weighted by molar-refractivity contribution is 6.31. The summed E-state index contributed by atoms with van der Waals surface area (Å²) < 4.78 is 0. The van der Waals surface area contributed by atoms with Crippen molar-refractivity contribution in [2.75, 3.05) is 5.32 Å². The number of nitro groups is 1. The van der Waals surface area contributed by atoms with Crippen molar-refractivity contribution < 1.29 is 19.6 Å². The first-order chi connectivity index (χ1) is 15.2. The minimum atomic E-state index is -0.784. The summed E-state index contributed by atoms with van der Waals surface area (Å²) >= 11 is 5.82. The number of aryl methyl sites for hydroxylation is 1. The molecule has 0 aliphatic rings. The second kappa shape index (κ2) is 9.71. The molecular formula is C22H17ClN4O5. The molecule has 32 heavy (non-hydrogen) atoms. The lowest BCUT2D eigenvalue weighted by Gasteiger charge is -2.07. The number of nitrogens with one attached hydrogen (secondary N) is 2. The number of carbonyl (C=O) groups excluding carboxylic acids is 2. The van der Waals surface area contributed by atoms with E-state index in [2.05, 4.69) is 15.8 Å². The van der Waals surface area contributed by atoms with Crippen molar-refractivity contribution in [2.45, 2.75) is 6.92 Å². The van der Waals surface area contributed by atoms with E-state index in [1.807, 2.05) is 13.0 Å². The monoisotopic (exact) mass is 452 g/mol. The molecule has 3 rings (SSSR count). The summed E-state index contributed by atoms with van der Waals surface area (Å²) in [5.74, 6) is -1.54. The third-order valence-corrected chi connectivity index (χ3v) is 4.53. The second-order valence-electron chi connectivity index (χ2n) is 6.72. The standard InChI is InChI=1S/C22H17ClN4O5/c1-13-4-2-5-14(8-13)21(29)25-18-7-3-6-15(10-18)22(30)26-24-12-16-9-17(23)11-19(20(16)28)27(31)32/h2-12,28H,1H3,(H,25,29)(H,26,30). The molecule has 2 amide bonds. The van der Waals surface area contributed by atoms with Gasteiger partial charge < -0.3 is 10.4 Å². The third kappa shape index (κ3) is 5.46. The topological polar surface area (TPSA) is 134 Å². The van der Waals surface area contributed by atoms with Crippen LogP contribution < -0.4 is 10.7 Å². The number of aromatic hydroxyl groups is 1. The Morgan fingerprint density at radius 1 is 1.06 bits per heavy atom. The van der Waals surface area contributed by atoms with Crippen molar-refractivity contribution >= 4 is 41.0 Å². The molecule has 0 bridgehead atoms. The number of carbonyl (C=O) groups is 2. The molecule has 0 atom stereocenters. The first-order valence-corrected chi connectivity index (χ1v) is 9.61. The Kier molecular flexibility index (Phi) is 6.81. The van der Waals surface area contributed by atoms with Crippen molar-refractivity contribution in [3.8, 4) is 5.75 Å². The Bertz CT molecular complexity index is 1240. The number of amides is 2. The zero-order valence-corrected chi connectivity index (χ0v) is 17.5. The molecule has 0 saturated carbocycles. The maximum absolute atomic E-state index is 12.4. The largest absolute Gasteiger partial charge is 0.502 e. The average Bonchev–Trinajstić information content (AvgIpc) is 2.75. The van der Waals surface area contributed by atoms with Crippen molar-refractivity contribution in [3.63, 3.8) is 0 Å². The number of anilines is 1. The molecule has 0 aromatic heterocycles. The van der Waals surface area contributed by atoms with Crippen molar-refractivity contribution in [1.29, 1.82) is 0 Å². The summed E-state index contributed by atoms with van der Waals surface area (Å²) in [6, 6.07) is 15.6. The van der Waals surface area contributed by atoms with Crippen LogP contribution in [0.2, 0.25) is 5.02 Å².